The Morgan fingerprint density at radius 2 is 1.21 bits per heavy atom. The highest BCUT2D eigenvalue weighted by atomic mass is 16.5. The molecule has 0 saturated heterocycles. The highest BCUT2D eigenvalue weighted by molar-refractivity contribution is 6.28. The minimum Gasteiger partial charge on any atom is -0.453 e. The Hall–Kier alpha value is -3.28. The van der Waals surface area contributed by atoms with E-state index in [-0.39, 0.29) is 11.1 Å². The summed E-state index contributed by atoms with van der Waals surface area (Å²) in [6.07, 6.45) is -1.04. The number of Topliss-reactive ketones (excluding diaryl/α,β-unsaturated/α-hetero) is 2. The predicted octanol–water partition coefficient (Wildman–Crippen LogP) is 2.25. The maximum atomic E-state index is 12.6. The quantitative estimate of drug-likeness (QED) is 0.673. The van der Waals surface area contributed by atoms with Gasteiger partial charge in [0.2, 0.25) is 5.91 Å². The maximum absolute atomic E-state index is 12.6. The molecular weight excluding hydrogens is 310 g/mol. The molecular formula is C18H15NO5. The zero-order chi connectivity index (χ0) is 17.5. The van der Waals surface area contributed by atoms with E-state index in [4.69, 9.17) is 0 Å². The molecule has 6 nitrogen and oxygen atoms in total. The van der Waals surface area contributed by atoms with E-state index in [1.54, 1.807) is 36.4 Å². The van der Waals surface area contributed by atoms with Crippen LogP contribution in [-0.2, 0) is 9.53 Å². The predicted molar refractivity (Wildman–Crippen MR) is 85.6 cm³/mol. The van der Waals surface area contributed by atoms with Crippen molar-refractivity contribution >= 4 is 23.6 Å². The molecule has 24 heavy (non-hydrogen) atoms. The fourth-order valence-electron chi connectivity index (χ4n) is 2.12. The Bertz CT molecular complexity index is 704. The number of benzene rings is 2. The van der Waals surface area contributed by atoms with Gasteiger partial charge in [-0.05, 0) is 0 Å². The molecule has 0 radical (unpaired) electrons. The molecule has 122 valence electrons. The zero-order valence-electron chi connectivity index (χ0n) is 12.9. The lowest BCUT2D eigenvalue weighted by atomic mass is 9.89. The van der Waals surface area contributed by atoms with Crippen molar-refractivity contribution in [1.29, 1.82) is 0 Å². The Labute approximate surface area is 138 Å². The fourth-order valence-corrected chi connectivity index (χ4v) is 2.12. The van der Waals surface area contributed by atoms with Gasteiger partial charge in [0.25, 0.3) is 0 Å². The number of ether oxygens (including phenoxy) is 1. The largest absolute Gasteiger partial charge is 0.453 e. The Morgan fingerprint density at radius 3 is 1.58 bits per heavy atom. The summed E-state index contributed by atoms with van der Waals surface area (Å²) in [4.78, 5) is 48.8. The monoisotopic (exact) mass is 325 g/mol. The molecule has 0 aliphatic rings. The number of alkyl carbamates (subject to hydrolysis) is 1. The van der Waals surface area contributed by atoms with Crippen LogP contribution in [0.5, 0.6) is 0 Å². The van der Waals surface area contributed by atoms with Crippen LogP contribution in [0.3, 0.4) is 0 Å². The van der Waals surface area contributed by atoms with Crippen LogP contribution >= 0.6 is 0 Å². The van der Waals surface area contributed by atoms with Gasteiger partial charge in [0, 0.05) is 11.1 Å². The number of hydrogen-bond acceptors (Lipinski definition) is 5. The third-order valence-corrected chi connectivity index (χ3v) is 3.31. The van der Waals surface area contributed by atoms with Crippen molar-refractivity contribution in [3.63, 3.8) is 0 Å². The first-order valence-corrected chi connectivity index (χ1v) is 7.12. The van der Waals surface area contributed by atoms with Gasteiger partial charge in [0.05, 0.1) is 7.11 Å². The number of nitrogens with one attached hydrogen (secondary N) is 1. The van der Waals surface area contributed by atoms with E-state index >= 15 is 0 Å². The van der Waals surface area contributed by atoms with Crippen LogP contribution in [0, 0.1) is 5.92 Å². The lowest BCUT2D eigenvalue weighted by Crippen LogP contribution is -2.43. The molecule has 0 fully saturated rings. The molecule has 2 aromatic carbocycles. The second-order valence-electron chi connectivity index (χ2n) is 4.87. The third-order valence-electron chi connectivity index (χ3n) is 3.31. The SMILES string of the molecule is COC(=O)NC(=O)C(C(=O)c1ccccc1)C(=O)c1ccccc1. The average Bonchev–Trinajstić information content (AvgIpc) is 2.63. The van der Waals surface area contributed by atoms with Crippen molar-refractivity contribution in [3.05, 3.63) is 71.8 Å². The van der Waals surface area contributed by atoms with E-state index < -0.39 is 29.5 Å². The van der Waals surface area contributed by atoms with Gasteiger partial charge in [-0.25, -0.2) is 4.79 Å². The van der Waals surface area contributed by atoms with E-state index in [0.717, 1.165) is 7.11 Å². The first-order chi connectivity index (χ1) is 11.5. The molecule has 6 heteroatoms. The minimum absolute atomic E-state index is 0.201. The second-order valence-corrected chi connectivity index (χ2v) is 4.87. The van der Waals surface area contributed by atoms with Gasteiger partial charge in [-0.2, -0.15) is 0 Å². The molecule has 2 amide bonds. The second kappa shape index (κ2) is 7.82. The normalized spacial score (nSPS) is 10.1. The lowest BCUT2D eigenvalue weighted by Gasteiger charge is -2.14. The topological polar surface area (TPSA) is 89.5 Å². The molecule has 2 aromatic rings. The lowest BCUT2D eigenvalue weighted by molar-refractivity contribution is -0.121. The minimum atomic E-state index is -1.67. The third kappa shape index (κ3) is 3.92. The molecule has 0 aliphatic heterocycles. The van der Waals surface area contributed by atoms with Crippen molar-refractivity contribution in [2.75, 3.05) is 7.11 Å². The summed E-state index contributed by atoms with van der Waals surface area (Å²) in [5.41, 5.74) is 0.401. The maximum Gasteiger partial charge on any atom is 0.413 e. The molecule has 0 aromatic heterocycles. The van der Waals surface area contributed by atoms with Crippen molar-refractivity contribution in [2.24, 2.45) is 5.92 Å². The van der Waals surface area contributed by atoms with Crippen LogP contribution in [0.1, 0.15) is 20.7 Å². The van der Waals surface area contributed by atoms with Crippen LogP contribution in [0.2, 0.25) is 0 Å². The summed E-state index contributed by atoms with van der Waals surface area (Å²) < 4.78 is 4.35. The van der Waals surface area contributed by atoms with E-state index in [1.807, 2.05) is 5.32 Å². The number of imide groups is 1. The van der Waals surface area contributed by atoms with Crippen molar-refractivity contribution in [1.82, 2.24) is 5.32 Å². The average molecular weight is 325 g/mol. The number of rotatable bonds is 5. The Morgan fingerprint density at radius 1 is 0.792 bits per heavy atom. The van der Waals surface area contributed by atoms with Gasteiger partial charge in [-0.1, -0.05) is 60.7 Å². The van der Waals surface area contributed by atoms with E-state index in [0.29, 0.717) is 0 Å². The van der Waals surface area contributed by atoms with Crippen molar-refractivity contribution < 1.29 is 23.9 Å². The van der Waals surface area contributed by atoms with Gasteiger partial charge in [0.1, 0.15) is 0 Å². The number of hydrogen-bond donors (Lipinski definition) is 1. The van der Waals surface area contributed by atoms with Crippen LogP contribution in [0.15, 0.2) is 60.7 Å². The fraction of sp³-hybridized carbons (Fsp3) is 0.111. The summed E-state index contributed by atoms with van der Waals surface area (Å²) >= 11 is 0. The zero-order valence-corrected chi connectivity index (χ0v) is 12.9. The summed E-state index contributed by atoms with van der Waals surface area (Å²) in [6.45, 7) is 0. The Balaban J connectivity index is 2.38. The van der Waals surface area contributed by atoms with Crippen LogP contribution in [0.25, 0.3) is 0 Å². The van der Waals surface area contributed by atoms with Gasteiger partial charge in [-0.3, -0.25) is 19.7 Å². The van der Waals surface area contributed by atoms with Gasteiger partial charge >= 0.3 is 6.09 Å². The van der Waals surface area contributed by atoms with Crippen molar-refractivity contribution in [3.8, 4) is 0 Å². The Kier molecular flexibility index (Phi) is 5.57. The number of carbonyl (C=O) groups is 4. The summed E-state index contributed by atoms with van der Waals surface area (Å²) in [5.74, 6) is -4.07. The summed E-state index contributed by atoms with van der Waals surface area (Å²) in [7, 11) is 1.08. The van der Waals surface area contributed by atoms with Crippen molar-refractivity contribution in [2.45, 2.75) is 0 Å². The standard InChI is InChI=1S/C18H15NO5/c1-24-18(23)19-17(22)14(15(20)12-8-4-2-5-9-12)16(21)13-10-6-3-7-11-13/h2-11,14H,1H3,(H,19,22,23). The number of ketones is 2. The number of methoxy groups -OCH3 is 1. The summed E-state index contributed by atoms with van der Waals surface area (Å²) in [5, 5.41) is 1.89. The molecule has 1 N–H and O–H groups in total. The van der Waals surface area contributed by atoms with E-state index in [9.17, 15) is 19.2 Å². The molecule has 2 rings (SSSR count). The smallest absolute Gasteiger partial charge is 0.413 e. The first kappa shape index (κ1) is 17.1. The molecule has 0 saturated carbocycles. The molecule has 0 atom stereocenters. The van der Waals surface area contributed by atoms with Gasteiger partial charge in [-0.15, -0.1) is 0 Å². The molecule has 0 spiro atoms. The van der Waals surface area contributed by atoms with Crippen LogP contribution in [0.4, 0.5) is 4.79 Å². The number of carbonyl (C=O) groups excluding carboxylic acids is 4. The first-order valence-electron chi connectivity index (χ1n) is 7.12. The van der Waals surface area contributed by atoms with Gasteiger partial charge < -0.3 is 4.74 Å². The van der Waals surface area contributed by atoms with E-state index in [1.165, 1.54) is 24.3 Å². The molecule has 0 bridgehead atoms. The highest BCUT2D eigenvalue weighted by Gasteiger charge is 2.36. The summed E-state index contributed by atoms with van der Waals surface area (Å²) in [6, 6.07) is 15.9. The van der Waals surface area contributed by atoms with Crippen LogP contribution in [-0.4, -0.2) is 30.7 Å². The van der Waals surface area contributed by atoms with Gasteiger partial charge in [0.15, 0.2) is 17.5 Å². The molecule has 0 unspecified atom stereocenters. The van der Waals surface area contributed by atoms with E-state index in [2.05, 4.69) is 4.74 Å². The molecule has 0 aliphatic carbocycles. The highest BCUT2D eigenvalue weighted by Crippen LogP contribution is 2.16. The van der Waals surface area contributed by atoms with Crippen LogP contribution < -0.4 is 5.32 Å². The number of amides is 2. The molecule has 0 heterocycles.